The van der Waals surface area contributed by atoms with E-state index in [0.717, 1.165) is 38.3 Å². The molecule has 3 nitrogen and oxygen atoms in total. The number of carbonyl (C=O) groups is 1. The van der Waals surface area contributed by atoms with Crippen LogP contribution in [-0.2, 0) is 4.74 Å². The van der Waals surface area contributed by atoms with E-state index in [4.69, 9.17) is 4.74 Å². The van der Waals surface area contributed by atoms with Crippen molar-refractivity contribution in [1.29, 1.82) is 0 Å². The van der Waals surface area contributed by atoms with E-state index in [0.29, 0.717) is 6.61 Å². The average molecular weight is 185 g/mol. The third kappa shape index (κ3) is 3.25. The van der Waals surface area contributed by atoms with E-state index in [1.54, 1.807) is 0 Å². The van der Waals surface area contributed by atoms with Gasteiger partial charge in [-0.2, -0.15) is 0 Å². The van der Waals surface area contributed by atoms with E-state index >= 15 is 0 Å². The van der Waals surface area contributed by atoms with Crippen molar-refractivity contribution >= 4 is 6.09 Å². The molecule has 0 spiro atoms. The van der Waals surface area contributed by atoms with E-state index in [9.17, 15) is 4.79 Å². The Morgan fingerprint density at radius 2 is 2.08 bits per heavy atom. The first-order valence-corrected chi connectivity index (χ1v) is 5.15. The Morgan fingerprint density at radius 3 is 2.62 bits per heavy atom. The minimum absolute atomic E-state index is 0.131. The minimum Gasteiger partial charge on any atom is -0.449 e. The van der Waals surface area contributed by atoms with Crippen molar-refractivity contribution < 1.29 is 9.53 Å². The van der Waals surface area contributed by atoms with Gasteiger partial charge in [0.2, 0.25) is 0 Å². The zero-order valence-corrected chi connectivity index (χ0v) is 8.58. The number of hydrogen-bond acceptors (Lipinski definition) is 2. The second-order valence-electron chi connectivity index (χ2n) is 3.78. The van der Waals surface area contributed by atoms with Gasteiger partial charge in [0.15, 0.2) is 0 Å². The summed E-state index contributed by atoms with van der Waals surface area (Å²) in [6.45, 7) is 6.51. The Morgan fingerprint density at radius 1 is 1.46 bits per heavy atom. The molecule has 1 amide bonds. The number of piperidine rings is 1. The Kier molecular flexibility index (Phi) is 4.06. The van der Waals surface area contributed by atoms with Crippen molar-refractivity contribution in [3.05, 3.63) is 0 Å². The molecule has 76 valence electrons. The van der Waals surface area contributed by atoms with Gasteiger partial charge >= 0.3 is 6.09 Å². The van der Waals surface area contributed by atoms with E-state index < -0.39 is 0 Å². The van der Waals surface area contributed by atoms with Crippen LogP contribution in [0.2, 0.25) is 0 Å². The van der Waals surface area contributed by atoms with Gasteiger partial charge in [-0.15, -0.1) is 0 Å². The zero-order valence-electron chi connectivity index (χ0n) is 8.58. The molecular formula is C10H19NO2. The van der Waals surface area contributed by atoms with Crippen LogP contribution in [0.5, 0.6) is 0 Å². The highest BCUT2D eigenvalue weighted by molar-refractivity contribution is 5.67. The van der Waals surface area contributed by atoms with Crippen LogP contribution in [0.4, 0.5) is 4.79 Å². The lowest BCUT2D eigenvalue weighted by molar-refractivity contribution is 0.0893. The summed E-state index contributed by atoms with van der Waals surface area (Å²) in [7, 11) is 0. The predicted molar refractivity (Wildman–Crippen MR) is 51.6 cm³/mol. The maximum Gasteiger partial charge on any atom is 0.409 e. The van der Waals surface area contributed by atoms with Crippen LogP contribution in [0.1, 0.15) is 33.1 Å². The smallest absolute Gasteiger partial charge is 0.409 e. The number of ether oxygens (including phenoxy) is 1. The maximum atomic E-state index is 11.4. The van der Waals surface area contributed by atoms with Gasteiger partial charge in [-0.3, -0.25) is 0 Å². The van der Waals surface area contributed by atoms with E-state index in [2.05, 4.69) is 6.92 Å². The quantitative estimate of drug-likeness (QED) is 0.660. The van der Waals surface area contributed by atoms with Crippen LogP contribution in [0.25, 0.3) is 0 Å². The molecule has 0 aromatic heterocycles. The molecule has 0 aromatic carbocycles. The van der Waals surface area contributed by atoms with Gasteiger partial charge in [0.05, 0.1) is 6.61 Å². The van der Waals surface area contributed by atoms with Crippen LogP contribution >= 0.6 is 0 Å². The second-order valence-corrected chi connectivity index (χ2v) is 3.78. The van der Waals surface area contributed by atoms with Crippen LogP contribution < -0.4 is 0 Å². The van der Waals surface area contributed by atoms with Crippen molar-refractivity contribution in [3.63, 3.8) is 0 Å². The van der Waals surface area contributed by atoms with Crippen LogP contribution in [0, 0.1) is 5.92 Å². The molecule has 13 heavy (non-hydrogen) atoms. The van der Waals surface area contributed by atoms with Crippen molar-refractivity contribution in [2.75, 3.05) is 19.7 Å². The monoisotopic (exact) mass is 185 g/mol. The van der Waals surface area contributed by atoms with Crippen molar-refractivity contribution in [2.24, 2.45) is 5.92 Å². The molecular weight excluding hydrogens is 166 g/mol. The molecule has 1 rings (SSSR count). The van der Waals surface area contributed by atoms with Gasteiger partial charge in [-0.05, 0) is 25.2 Å². The van der Waals surface area contributed by atoms with Gasteiger partial charge < -0.3 is 9.64 Å². The van der Waals surface area contributed by atoms with Gasteiger partial charge in [0.1, 0.15) is 0 Å². The summed E-state index contributed by atoms with van der Waals surface area (Å²) >= 11 is 0. The molecule has 3 heteroatoms. The largest absolute Gasteiger partial charge is 0.449 e. The first-order chi connectivity index (χ1) is 6.24. The molecule has 0 bridgehead atoms. The van der Waals surface area contributed by atoms with Crippen LogP contribution in [0.3, 0.4) is 0 Å². The lowest BCUT2D eigenvalue weighted by atomic mass is 10.00. The number of nitrogens with zero attached hydrogens (tertiary/aromatic N) is 1. The summed E-state index contributed by atoms with van der Waals surface area (Å²) in [5.74, 6) is 0.759. The molecule has 0 saturated carbocycles. The Hall–Kier alpha value is -0.730. The molecule has 0 radical (unpaired) electrons. The Bertz CT molecular complexity index is 162. The first kappa shape index (κ1) is 10.4. The number of carbonyl (C=O) groups excluding carboxylic acids is 1. The normalized spacial score (nSPS) is 18.8. The number of rotatable bonds is 2. The summed E-state index contributed by atoms with van der Waals surface area (Å²) in [6.07, 6.45) is 2.99. The highest BCUT2D eigenvalue weighted by atomic mass is 16.6. The van der Waals surface area contributed by atoms with Gasteiger partial charge in [-0.25, -0.2) is 4.79 Å². The zero-order chi connectivity index (χ0) is 9.68. The van der Waals surface area contributed by atoms with Gasteiger partial charge in [0, 0.05) is 13.1 Å². The lowest BCUT2D eigenvalue weighted by Crippen LogP contribution is -2.38. The topological polar surface area (TPSA) is 29.5 Å². The molecule has 1 heterocycles. The average Bonchev–Trinajstić information content (AvgIpc) is 2.15. The van der Waals surface area contributed by atoms with Crippen LogP contribution in [-0.4, -0.2) is 30.7 Å². The second kappa shape index (κ2) is 5.10. The molecule has 1 fully saturated rings. The molecule has 0 unspecified atom stereocenters. The summed E-state index contributed by atoms with van der Waals surface area (Å²) in [6, 6.07) is 0. The summed E-state index contributed by atoms with van der Waals surface area (Å²) in [4.78, 5) is 13.2. The van der Waals surface area contributed by atoms with Crippen molar-refractivity contribution in [1.82, 2.24) is 4.90 Å². The highest BCUT2D eigenvalue weighted by Crippen LogP contribution is 2.16. The van der Waals surface area contributed by atoms with E-state index in [1.165, 1.54) is 0 Å². The fourth-order valence-electron chi connectivity index (χ4n) is 1.47. The molecule has 0 N–H and O–H groups in total. The Balaban J connectivity index is 2.23. The Labute approximate surface area is 80.1 Å². The van der Waals surface area contributed by atoms with Gasteiger partial charge in [-0.1, -0.05) is 13.8 Å². The molecule has 1 saturated heterocycles. The third-order valence-corrected chi connectivity index (χ3v) is 2.47. The molecule has 0 aliphatic carbocycles. The summed E-state index contributed by atoms with van der Waals surface area (Å²) in [5.41, 5.74) is 0. The SMILES string of the molecule is CCCOC(=O)N1CCC(C)CC1. The number of hydrogen-bond donors (Lipinski definition) is 0. The number of amides is 1. The predicted octanol–water partition coefficient (Wildman–Crippen LogP) is 2.26. The van der Waals surface area contributed by atoms with Crippen molar-refractivity contribution in [3.8, 4) is 0 Å². The van der Waals surface area contributed by atoms with E-state index in [1.807, 2.05) is 11.8 Å². The molecule has 0 atom stereocenters. The van der Waals surface area contributed by atoms with Crippen molar-refractivity contribution in [2.45, 2.75) is 33.1 Å². The summed E-state index contributed by atoms with van der Waals surface area (Å²) < 4.78 is 5.05. The van der Waals surface area contributed by atoms with Gasteiger partial charge in [0.25, 0.3) is 0 Å². The maximum absolute atomic E-state index is 11.4. The standard InChI is InChI=1S/C10H19NO2/c1-3-8-13-10(12)11-6-4-9(2)5-7-11/h9H,3-8H2,1-2H3. The van der Waals surface area contributed by atoms with E-state index in [-0.39, 0.29) is 6.09 Å². The minimum atomic E-state index is -0.131. The first-order valence-electron chi connectivity index (χ1n) is 5.15. The highest BCUT2D eigenvalue weighted by Gasteiger charge is 2.20. The number of likely N-dealkylation sites (tertiary alicyclic amines) is 1. The fraction of sp³-hybridized carbons (Fsp3) is 0.900. The fourth-order valence-corrected chi connectivity index (χ4v) is 1.47. The van der Waals surface area contributed by atoms with Crippen LogP contribution in [0.15, 0.2) is 0 Å². The lowest BCUT2D eigenvalue weighted by Gasteiger charge is -2.29. The molecule has 1 aliphatic heterocycles. The molecule has 1 aliphatic rings. The molecule has 0 aromatic rings. The summed E-state index contributed by atoms with van der Waals surface area (Å²) in [5, 5.41) is 0. The third-order valence-electron chi connectivity index (χ3n) is 2.47.